The van der Waals surface area contributed by atoms with Crippen molar-refractivity contribution < 1.29 is 4.79 Å². The van der Waals surface area contributed by atoms with Crippen LogP contribution in [0.25, 0.3) is 0 Å². The summed E-state index contributed by atoms with van der Waals surface area (Å²) in [7, 11) is 0. The Hall–Kier alpha value is -1.94. The molecular weight excluding hydrogens is 274 g/mol. The molecule has 104 valence electrons. The van der Waals surface area contributed by atoms with Crippen molar-refractivity contribution in [3.05, 3.63) is 52.7 Å². The Labute approximate surface area is 123 Å². The van der Waals surface area contributed by atoms with E-state index in [2.05, 4.69) is 36.3 Å². The highest BCUT2D eigenvalue weighted by Crippen LogP contribution is 2.26. The van der Waals surface area contributed by atoms with E-state index in [4.69, 9.17) is 11.6 Å². The van der Waals surface area contributed by atoms with E-state index in [-0.39, 0.29) is 16.5 Å². The van der Waals surface area contributed by atoms with Gasteiger partial charge in [-0.3, -0.25) is 4.79 Å². The van der Waals surface area contributed by atoms with Crippen molar-refractivity contribution in [1.29, 1.82) is 0 Å². The van der Waals surface area contributed by atoms with Crippen LogP contribution in [0.3, 0.4) is 0 Å². The summed E-state index contributed by atoms with van der Waals surface area (Å²) < 4.78 is 0. The molecule has 5 heteroatoms. The predicted molar refractivity (Wildman–Crippen MR) is 80.1 cm³/mol. The molecule has 1 aromatic heterocycles. The van der Waals surface area contributed by atoms with Crippen LogP contribution in [0.5, 0.6) is 0 Å². The Morgan fingerprint density at radius 2 is 1.80 bits per heavy atom. The average Bonchev–Trinajstić information content (AvgIpc) is 2.40. The van der Waals surface area contributed by atoms with Crippen molar-refractivity contribution in [3.63, 3.8) is 0 Å². The van der Waals surface area contributed by atoms with Gasteiger partial charge < -0.3 is 5.32 Å². The summed E-state index contributed by atoms with van der Waals surface area (Å²) in [6.07, 6.45) is 0. The number of aromatic nitrogens is 2. The van der Waals surface area contributed by atoms with Crippen molar-refractivity contribution in [1.82, 2.24) is 10.2 Å². The number of carbonyl (C=O) groups is 1. The Morgan fingerprint density at radius 1 is 1.10 bits per heavy atom. The van der Waals surface area contributed by atoms with Gasteiger partial charge in [-0.05, 0) is 29.2 Å². The van der Waals surface area contributed by atoms with Crippen molar-refractivity contribution in [3.8, 4) is 0 Å². The van der Waals surface area contributed by atoms with E-state index in [1.54, 1.807) is 18.2 Å². The van der Waals surface area contributed by atoms with E-state index in [1.807, 2.05) is 18.2 Å². The first-order valence-corrected chi connectivity index (χ1v) is 6.66. The number of nitrogens with one attached hydrogen (secondary N) is 1. The molecular formula is C15H16ClN3O. The smallest absolute Gasteiger partial charge is 0.257 e. The summed E-state index contributed by atoms with van der Waals surface area (Å²) in [5, 5.41) is 10.5. The van der Waals surface area contributed by atoms with Crippen LogP contribution in [0, 0.1) is 0 Å². The van der Waals surface area contributed by atoms with Crippen LogP contribution in [0.2, 0.25) is 5.15 Å². The molecule has 2 rings (SSSR count). The van der Waals surface area contributed by atoms with Gasteiger partial charge in [-0.1, -0.05) is 50.6 Å². The second kappa shape index (κ2) is 5.59. The zero-order valence-electron chi connectivity index (χ0n) is 11.6. The van der Waals surface area contributed by atoms with Crippen LogP contribution in [0.15, 0.2) is 36.4 Å². The molecule has 0 unspecified atom stereocenters. The number of halogens is 1. The van der Waals surface area contributed by atoms with E-state index in [9.17, 15) is 4.79 Å². The van der Waals surface area contributed by atoms with Crippen LogP contribution in [-0.2, 0) is 5.41 Å². The third-order valence-corrected chi connectivity index (χ3v) is 3.05. The van der Waals surface area contributed by atoms with Gasteiger partial charge in [0.15, 0.2) is 11.0 Å². The minimum Gasteiger partial charge on any atom is -0.305 e. The molecule has 1 aromatic carbocycles. The third-order valence-electron chi connectivity index (χ3n) is 2.85. The van der Waals surface area contributed by atoms with Gasteiger partial charge in [0.1, 0.15) is 0 Å². The zero-order valence-corrected chi connectivity index (χ0v) is 12.4. The first kappa shape index (κ1) is 14.5. The molecule has 0 bridgehead atoms. The number of nitrogens with zero attached hydrogens (tertiary/aromatic N) is 2. The quantitative estimate of drug-likeness (QED) is 0.917. The van der Waals surface area contributed by atoms with Gasteiger partial charge in [-0.15, -0.1) is 10.2 Å². The maximum atomic E-state index is 12.4. The number of hydrogen-bond acceptors (Lipinski definition) is 3. The molecule has 0 aliphatic carbocycles. The molecule has 20 heavy (non-hydrogen) atoms. The molecule has 4 nitrogen and oxygen atoms in total. The molecule has 1 amide bonds. The molecule has 0 aliphatic rings. The third kappa shape index (κ3) is 3.33. The summed E-state index contributed by atoms with van der Waals surface area (Å²) in [5.74, 6) is 0.176. The Kier molecular flexibility index (Phi) is 4.04. The molecule has 0 saturated heterocycles. The topological polar surface area (TPSA) is 54.9 Å². The molecule has 0 atom stereocenters. The van der Waals surface area contributed by atoms with E-state index in [1.165, 1.54) is 0 Å². The lowest BCUT2D eigenvalue weighted by Crippen LogP contribution is -2.21. The lowest BCUT2D eigenvalue weighted by molar-refractivity contribution is 0.102. The molecule has 1 heterocycles. The fraction of sp³-hybridized carbons (Fsp3) is 0.267. The van der Waals surface area contributed by atoms with E-state index in [0.29, 0.717) is 11.4 Å². The van der Waals surface area contributed by atoms with Gasteiger partial charge in [0.25, 0.3) is 5.91 Å². The van der Waals surface area contributed by atoms with E-state index in [0.717, 1.165) is 5.56 Å². The summed E-state index contributed by atoms with van der Waals surface area (Å²) in [5.41, 5.74) is 1.51. The Balaban J connectivity index is 2.28. The van der Waals surface area contributed by atoms with E-state index >= 15 is 0 Å². The van der Waals surface area contributed by atoms with Crippen molar-refractivity contribution in [2.75, 3.05) is 5.32 Å². The molecule has 1 N–H and O–H groups in total. The number of benzene rings is 1. The lowest BCUT2D eigenvalue weighted by Gasteiger charge is -2.22. The minimum atomic E-state index is -0.202. The summed E-state index contributed by atoms with van der Waals surface area (Å²) >= 11 is 5.66. The highest BCUT2D eigenvalue weighted by molar-refractivity contribution is 6.29. The van der Waals surface area contributed by atoms with Gasteiger partial charge in [0, 0.05) is 5.56 Å². The first-order valence-electron chi connectivity index (χ1n) is 6.28. The Bertz CT molecular complexity index is 618. The standard InChI is InChI=1S/C15H16ClN3O/c1-15(2,3)11-7-5-4-6-10(11)14(20)17-13-9-8-12(16)18-19-13/h4-9H,1-3H3,(H,17,19,20). The number of carbonyl (C=O) groups excluding carboxylic acids is 1. The number of amides is 1. The normalized spacial score (nSPS) is 11.2. The van der Waals surface area contributed by atoms with Gasteiger partial charge >= 0.3 is 0 Å². The molecule has 0 radical (unpaired) electrons. The maximum absolute atomic E-state index is 12.4. The average molecular weight is 290 g/mol. The second-order valence-corrected chi connectivity index (χ2v) is 5.88. The van der Waals surface area contributed by atoms with Crippen molar-refractivity contribution in [2.45, 2.75) is 26.2 Å². The zero-order chi connectivity index (χ0) is 14.8. The van der Waals surface area contributed by atoms with Gasteiger partial charge in [0.2, 0.25) is 0 Å². The first-order chi connectivity index (χ1) is 9.38. The van der Waals surface area contributed by atoms with Gasteiger partial charge in [0.05, 0.1) is 0 Å². The number of hydrogen-bond donors (Lipinski definition) is 1. The van der Waals surface area contributed by atoms with Crippen LogP contribution < -0.4 is 5.32 Å². The Morgan fingerprint density at radius 3 is 2.40 bits per heavy atom. The van der Waals surface area contributed by atoms with Crippen LogP contribution in [0.4, 0.5) is 5.82 Å². The van der Waals surface area contributed by atoms with Gasteiger partial charge in [-0.2, -0.15) is 0 Å². The second-order valence-electron chi connectivity index (χ2n) is 5.49. The highest BCUT2D eigenvalue weighted by Gasteiger charge is 2.21. The largest absolute Gasteiger partial charge is 0.305 e. The van der Waals surface area contributed by atoms with Crippen molar-refractivity contribution >= 4 is 23.3 Å². The SMILES string of the molecule is CC(C)(C)c1ccccc1C(=O)Nc1ccc(Cl)nn1. The minimum absolute atomic E-state index is 0.112. The fourth-order valence-electron chi connectivity index (χ4n) is 1.90. The monoisotopic (exact) mass is 289 g/mol. The van der Waals surface area contributed by atoms with E-state index < -0.39 is 0 Å². The highest BCUT2D eigenvalue weighted by atomic mass is 35.5. The summed E-state index contributed by atoms with van der Waals surface area (Å²) in [6.45, 7) is 6.21. The molecule has 0 aliphatic heterocycles. The van der Waals surface area contributed by atoms with Crippen LogP contribution in [0.1, 0.15) is 36.7 Å². The number of rotatable bonds is 2. The number of anilines is 1. The fourth-order valence-corrected chi connectivity index (χ4v) is 2.00. The van der Waals surface area contributed by atoms with Crippen molar-refractivity contribution in [2.24, 2.45) is 0 Å². The molecule has 0 spiro atoms. The van der Waals surface area contributed by atoms with Gasteiger partial charge in [-0.25, -0.2) is 0 Å². The molecule has 0 fully saturated rings. The lowest BCUT2D eigenvalue weighted by atomic mass is 9.83. The van der Waals surface area contributed by atoms with Crippen LogP contribution >= 0.6 is 11.6 Å². The molecule has 2 aromatic rings. The summed E-state index contributed by atoms with van der Waals surface area (Å²) in [6, 6.07) is 10.7. The molecule has 0 saturated carbocycles. The summed E-state index contributed by atoms with van der Waals surface area (Å²) in [4.78, 5) is 12.4. The maximum Gasteiger partial charge on any atom is 0.257 e. The predicted octanol–water partition coefficient (Wildman–Crippen LogP) is 3.68. The van der Waals surface area contributed by atoms with Crippen LogP contribution in [-0.4, -0.2) is 16.1 Å².